The van der Waals surface area contributed by atoms with Crippen LogP contribution in [0.2, 0.25) is 0 Å². The Hall–Kier alpha value is -0.470. The number of hydrogen-bond acceptors (Lipinski definition) is 2. The molecule has 2 heteroatoms. The van der Waals surface area contributed by atoms with E-state index in [4.69, 9.17) is 5.73 Å². The van der Waals surface area contributed by atoms with Crippen LogP contribution >= 0.6 is 11.8 Å². The van der Waals surface area contributed by atoms with Gasteiger partial charge in [-0.3, -0.25) is 0 Å². The van der Waals surface area contributed by atoms with Gasteiger partial charge in [-0.05, 0) is 37.4 Å². The van der Waals surface area contributed by atoms with E-state index >= 15 is 0 Å². The second-order valence-corrected chi connectivity index (χ2v) is 5.79. The Morgan fingerprint density at radius 3 is 2.86 bits per heavy atom. The molecule has 1 saturated carbocycles. The summed E-state index contributed by atoms with van der Waals surface area (Å²) in [5.74, 6) is 0.730. The molecule has 1 nitrogen and oxygen atoms in total. The molecule has 1 unspecified atom stereocenters. The van der Waals surface area contributed by atoms with Crippen molar-refractivity contribution >= 4 is 11.8 Å². The summed E-state index contributed by atoms with van der Waals surface area (Å²) in [4.78, 5) is 1.50. The molecule has 1 fully saturated rings. The molecule has 1 heterocycles. The Morgan fingerprint density at radius 1 is 1.36 bits per heavy atom. The maximum atomic E-state index is 5.71. The summed E-state index contributed by atoms with van der Waals surface area (Å²) in [6, 6.07) is 8.85. The van der Waals surface area contributed by atoms with Crippen LogP contribution in [0.1, 0.15) is 30.7 Å². The monoisotopic (exact) mass is 205 g/mol. The second-order valence-electron chi connectivity index (χ2n) is 4.33. The fraction of sp³-hybridized carbons (Fsp3) is 0.500. The van der Waals surface area contributed by atoms with E-state index in [1.165, 1.54) is 17.7 Å². The van der Waals surface area contributed by atoms with Crippen LogP contribution in [0.15, 0.2) is 29.2 Å². The van der Waals surface area contributed by atoms with Crippen molar-refractivity contribution in [2.24, 2.45) is 5.73 Å². The summed E-state index contributed by atoms with van der Waals surface area (Å²) < 4.78 is 0.559. The number of hydrogen-bond donors (Lipinski definition) is 1. The lowest BCUT2D eigenvalue weighted by molar-refractivity contribution is 0.604. The Morgan fingerprint density at radius 2 is 2.14 bits per heavy atom. The first kappa shape index (κ1) is 8.81. The normalized spacial score (nSPS) is 26.5. The molecule has 0 amide bonds. The highest BCUT2D eigenvalue weighted by Crippen LogP contribution is 2.66. The highest BCUT2D eigenvalue weighted by molar-refractivity contribution is 8.01. The smallest absolute Gasteiger partial charge is 0.0277 e. The Balaban J connectivity index is 2.00. The standard InChI is InChI=1S/C12H15NS/c13-8-5-10-9-3-1-2-4-11(9)14-12(10)6-7-12/h1-4,10H,5-8,13H2. The van der Waals surface area contributed by atoms with Gasteiger partial charge in [0, 0.05) is 15.6 Å². The van der Waals surface area contributed by atoms with Crippen LogP contribution in [0, 0.1) is 0 Å². The fourth-order valence-electron chi connectivity index (χ4n) is 2.59. The minimum atomic E-state index is 0.559. The molecule has 1 aromatic rings. The van der Waals surface area contributed by atoms with Gasteiger partial charge in [0.25, 0.3) is 0 Å². The van der Waals surface area contributed by atoms with Crippen molar-refractivity contribution in [3.63, 3.8) is 0 Å². The van der Waals surface area contributed by atoms with Gasteiger partial charge in [0.2, 0.25) is 0 Å². The molecular formula is C12H15NS. The average molecular weight is 205 g/mol. The number of thioether (sulfide) groups is 1. The zero-order valence-corrected chi connectivity index (χ0v) is 9.02. The molecule has 1 aliphatic carbocycles. The van der Waals surface area contributed by atoms with E-state index in [9.17, 15) is 0 Å². The number of fused-ring (bicyclic) bond motifs is 1. The van der Waals surface area contributed by atoms with Gasteiger partial charge in [-0.15, -0.1) is 11.8 Å². The number of rotatable bonds is 2. The number of nitrogens with two attached hydrogens (primary N) is 1. The van der Waals surface area contributed by atoms with Crippen LogP contribution < -0.4 is 5.73 Å². The molecule has 0 saturated heterocycles. The molecular weight excluding hydrogens is 190 g/mol. The first-order chi connectivity index (χ1) is 6.86. The quantitative estimate of drug-likeness (QED) is 0.803. The predicted octanol–water partition coefficient (Wildman–Crippen LogP) is 2.76. The number of benzene rings is 1. The van der Waals surface area contributed by atoms with E-state index in [1.807, 2.05) is 0 Å². The van der Waals surface area contributed by atoms with Crippen molar-refractivity contribution in [1.82, 2.24) is 0 Å². The van der Waals surface area contributed by atoms with Gasteiger partial charge in [-0.1, -0.05) is 18.2 Å². The highest BCUT2D eigenvalue weighted by atomic mass is 32.2. The van der Waals surface area contributed by atoms with E-state index < -0.39 is 0 Å². The van der Waals surface area contributed by atoms with Gasteiger partial charge in [-0.2, -0.15) is 0 Å². The molecule has 1 aromatic carbocycles. The Kier molecular flexibility index (Phi) is 1.89. The third-order valence-corrected chi connectivity index (χ3v) is 5.13. The molecule has 74 valence electrons. The van der Waals surface area contributed by atoms with Crippen LogP contribution in [0.3, 0.4) is 0 Å². The molecule has 14 heavy (non-hydrogen) atoms. The summed E-state index contributed by atoms with van der Waals surface area (Å²) in [7, 11) is 0. The Bertz CT molecular complexity index is 357. The molecule has 3 rings (SSSR count). The van der Waals surface area contributed by atoms with Crippen molar-refractivity contribution in [2.45, 2.75) is 34.8 Å². The van der Waals surface area contributed by atoms with E-state index in [1.54, 1.807) is 5.56 Å². The minimum absolute atomic E-state index is 0.559. The molecule has 1 spiro atoms. The van der Waals surface area contributed by atoms with Gasteiger partial charge < -0.3 is 5.73 Å². The zero-order chi connectivity index (χ0) is 9.60. The third-order valence-electron chi connectivity index (χ3n) is 3.44. The summed E-state index contributed by atoms with van der Waals surface area (Å²) in [5.41, 5.74) is 7.26. The van der Waals surface area contributed by atoms with Gasteiger partial charge in [0.15, 0.2) is 0 Å². The first-order valence-corrected chi connectivity index (χ1v) is 6.15. The summed E-state index contributed by atoms with van der Waals surface area (Å²) in [5, 5.41) is 0. The summed E-state index contributed by atoms with van der Waals surface area (Å²) in [6.45, 7) is 0.821. The molecule has 2 N–H and O–H groups in total. The predicted molar refractivity (Wildman–Crippen MR) is 60.7 cm³/mol. The lowest BCUT2D eigenvalue weighted by Crippen LogP contribution is -2.15. The van der Waals surface area contributed by atoms with Gasteiger partial charge >= 0.3 is 0 Å². The second kappa shape index (κ2) is 3.01. The maximum absolute atomic E-state index is 5.71. The molecule has 1 atom stereocenters. The SMILES string of the molecule is NCCC1c2ccccc2SC12CC2. The largest absolute Gasteiger partial charge is 0.330 e. The average Bonchev–Trinajstić information content (AvgIpc) is 2.89. The van der Waals surface area contributed by atoms with Crippen LogP contribution in [0.25, 0.3) is 0 Å². The molecule has 0 bridgehead atoms. The maximum Gasteiger partial charge on any atom is 0.0277 e. The van der Waals surface area contributed by atoms with Crippen LogP contribution in [0.5, 0.6) is 0 Å². The van der Waals surface area contributed by atoms with Gasteiger partial charge in [0.1, 0.15) is 0 Å². The van der Waals surface area contributed by atoms with Crippen molar-refractivity contribution in [1.29, 1.82) is 0 Å². The topological polar surface area (TPSA) is 26.0 Å². The third kappa shape index (κ3) is 1.14. The van der Waals surface area contributed by atoms with Crippen LogP contribution in [0.4, 0.5) is 0 Å². The van der Waals surface area contributed by atoms with Crippen LogP contribution in [-0.2, 0) is 0 Å². The Labute approximate surface area is 89.1 Å². The van der Waals surface area contributed by atoms with Crippen molar-refractivity contribution < 1.29 is 0 Å². The van der Waals surface area contributed by atoms with Crippen LogP contribution in [-0.4, -0.2) is 11.3 Å². The molecule has 0 radical (unpaired) electrons. The minimum Gasteiger partial charge on any atom is -0.330 e. The van der Waals surface area contributed by atoms with E-state index in [2.05, 4.69) is 36.0 Å². The van der Waals surface area contributed by atoms with E-state index in [0.29, 0.717) is 4.75 Å². The van der Waals surface area contributed by atoms with Gasteiger partial charge in [-0.25, -0.2) is 0 Å². The fourth-order valence-corrected chi connectivity index (χ4v) is 4.20. The highest BCUT2D eigenvalue weighted by Gasteiger charge is 2.54. The lowest BCUT2D eigenvalue weighted by atomic mass is 9.91. The molecule has 2 aliphatic rings. The lowest BCUT2D eigenvalue weighted by Gasteiger charge is -2.17. The molecule has 0 aromatic heterocycles. The van der Waals surface area contributed by atoms with E-state index in [-0.39, 0.29) is 0 Å². The van der Waals surface area contributed by atoms with Gasteiger partial charge in [0.05, 0.1) is 0 Å². The zero-order valence-electron chi connectivity index (χ0n) is 8.20. The van der Waals surface area contributed by atoms with Crippen molar-refractivity contribution in [2.75, 3.05) is 6.54 Å². The molecule has 1 aliphatic heterocycles. The first-order valence-electron chi connectivity index (χ1n) is 5.34. The van der Waals surface area contributed by atoms with Crippen molar-refractivity contribution in [3.05, 3.63) is 29.8 Å². The van der Waals surface area contributed by atoms with Crippen molar-refractivity contribution in [3.8, 4) is 0 Å². The summed E-state index contributed by atoms with van der Waals surface area (Å²) in [6.07, 6.45) is 3.93. The van der Waals surface area contributed by atoms with E-state index in [0.717, 1.165) is 18.9 Å². The summed E-state index contributed by atoms with van der Waals surface area (Å²) >= 11 is 2.10.